The quantitative estimate of drug-likeness (QED) is 0.576. The molecule has 0 bridgehead atoms. The van der Waals surface area contributed by atoms with Gasteiger partial charge in [0.2, 0.25) is 0 Å². The number of anilines is 1. The van der Waals surface area contributed by atoms with E-state index in [0.29, 0.717) is 6.04 Å². The summed E-state index contributed by atoms with van der Waals surface area (Å²) in [5.74, 6) is 0. The van der Waals surface area contributed by atoms with E-state index in [-0.39, 0.29) is 5.41 Å². The summed E-state index contributed by atoms with van der Waals surface area (Å²) in [4.78, 5) is 5.89. The molecule has 3 aromatic rings. The molecule has 0 radical (unpaired) electrons. The van der Waals surface area contributed by atoms with E-state index in [1.165, 1.54) is 33.4 Å². The second kappa shape index (κ2) is 7.03. The van der Waals surface area contributed by atoms with Crippen molar-refractivity contribution in [3.63, 3.8) is 0 Å². The third kappa shape index (κ3) is 2.84. The number of benzene rings is 2. The lowest BCUT2D eigenvalue weighted by Crippen LogP contribution is -2.37. The van der Waals surface area contributed by atoms with Crippen LogP contribution in [-0.4, -0.2) is 18.1 Å². The van der Waals surface area contributed by atoms with E-state index in [4.69, 9.17) is 0 Å². The number of nitrogens with zero attached hydrogens (tertiary/aromatic N) is 1. The normalized spacial score (nSPS) is 18.1. The topological polar surface area (TPSA) is 19.0 Å². The van der Waals surface area contributed by atoms with E-state index in [9.17, 15) is 0 Å². The minimum absolute atomic E-state index is 0.0991. The Hall–Kier alpha value is -2.48. The van der Waals surface area contributed by atoms with E-state index in [0.717, 1.165) is 0 Å². The highest BCUT2D eigenvalue weighted by Gasteiger charge is 2.41. The Morgan fingerprint density at radius 1 is 1.00 bits per heavy atom. The molecule has 2 heterocycles. The molecule has 0 spiro atoms. The van der Waals surface area contributed by atoms with Crippen molar-refractivity contribution in [2.45, 2.75) is 46.1 Å². The highest BCUT2D eigenvalue weighted by Crippen LogP contribution is 2.44. The van der Waals surface area contributed by atoms with Gasteiger partial charge in [-0.3, -0.25) is 0 Å². The number of likely N-dealkylation sites (N-methyl/N-ethyl adjacent to an activating group) is 1. The van der Waals surface area contributed by atoms with Gasteiger partial charge in [-0.15, -0.1) is 0 Å². The van der Waals surface area contributed by atoms with Gasteiger partial charge in [0.25, 0.3) is 0 Å². The van der Waals surface area contributed by atoms with Gasteiger partial charge in [0, 0.05) is 40.3 Å². The molecule has 0 saturated carbocycles. The third-order valence-electron chi connectivity index (χ3n) is 5.52. The molecule has 0 amide bonds. The molecule has 1 atom stereocenters. The molecule has 2 nitrogen and oxygen atoms in total. The summed E-state index contributed by atoms with van der Waals surface area (Å²) in [5, 5.41) is 1.29. The molecule has 1 N–H and O–H groups in total. The lowest BCUT2D eigenvalue weighted by atomic mass is 9.80. The standard InChI is InChI=1S/C22H24N2.C2H6/c1-15-16(17-9-5-7-11-19(17)23-15)13-14-21-22(2,3)18-10-6-8-12-20(18)24(21)4;1-2/h5-14,21,23H,1-4H3;1-2H3/b14-13+;. The maximum absolute atomic E-state index is 3.49. The first-order valence-electron chi connectivity index (χ1n) is 9.58. The Bertz CT molecular complexity index is 930. The summed E-state index contributed by atoms with van der Waals surface area (Å²) >= 11 is 0. The average molecular weight is 347 g/mol. The molecule has 4 rings (SSSR count). The van der Waals surface area contributed by atoms with E-state index in [2.05, 4.69) is 98.4 Å². The van der Waals surface area contributed by atoms with Crippen molar-refractivity contribution in [3.8, 4) is 0 Å². The molecule has 2 aromatic carbocycles. The van der Waals surface area contributed by atoms with Crippen LogP contribution in [0.5, 0.6) is 0 Å². The molecule has 0 saturated heterocycles. The van der Waals surface area contributed by atoms with E-state index >= 15 is 0 Å². The number of aromatic nitrogens is 1. The molecule has 1 aromatic heterocycles. The van der Waals surface area contributed by atoms with Gasteiger partial charge in [0.1, 0.15) is 0 Å². The second-order valence-corrected chi connectivity index (χ2v) is 7.36. The fraction of sp³-hybridized carbons (Fsp3) is 0.333. The number of H-pyrrole nitrogens is 1. The molecular weight excluding hydrogens is 316 g/mol. The van der Waals surface area contributed by atoms with Gasteiger partial charge < -0.3 is 9.88 Å². The van der Waals surface area contributed by atoms with Crippen LogP contribution in [0.3, 0.4) is 0 Å². The van der Waals surface area contributed by atoms with E-state index in [1.807, 2.05) is 13.8 Å². The van der Waals surface area contributed by atoms with Crippen molar-refractivity contribution in [1.82, 2.24) is 4.98 Å². The average Bonchev–Trinajstić information content (AvgIpc) is 3.07. The van der Waals surface area contributed by atoms with Crippen LogP contribution < -0.4 is 4.90 Å². The van der Waals surface area contributed by atoms with Crippen molar-refractivity contribution < 1.29 is 0 Å². The van der Waals surface area contributed by atoms with Crippen LogP contribution in [0.25, 0.3) is 17.0 Å². The number of nitrogens with one attached hydrogen (secondary N) is 1. The number of hydrogen-bond acceptors (Lipinski definition) is 1. The van der Waals surface area contributed by atoms with Crippen molar-refractivity contribution in [1.29, 1.82) is 0 Å². The minimum Gasteiger partial charge on any atom is -0.367 e. The van der Waals surface area contributed by atoms with Gasteiger partial charge >= 0.3 is 0 Å². The van der Waals surface area contributed by atoms with Crippen molar-refractivity contribution >= 4 is 22.7 Å². The van der Waals surface area contributed by atoms with Crippen molar-refractivity contribution in [2.75, 3.05) is 11.9 Å². The highest BCUT2D eigenvalue weighted by molar-refractivity contribution is 5.90. The zero-order valence-electron chi connectivity index (χ0n) is 16.8. The van der Waals surface area contributed by atoms with Gasteiger partial charge in [-0.25, -0.2) is 0 Å². The molecule has 0 aliphatic carbocycles. The Balaban J connectivity index is 0.000000948. The summed E-state index contributed by atoms with van der Waals surface area (Å²) in [5.41, 5.74) is 6.60. The summed E-state index contributed by atoms with van der Waals surface area (Å²) in [6, 6.07) is 17.6. The van der Waals surface area contributed by atoms with Crippen LogP contribution in [0.4, 0.5) is 5.69 Å². The van der Waals surface area contributed by atoms with Gasteiger partial charge in [-0.05, 0) is 24.6 Å². The SMILES string of the molecule is CC.Cc1[nH]c2ccccc2c1/C=C/C1N(C)c2ccccc2C1(C)C. The van der Waals surface area contributed by atoms with E-state index < -0.39 is 0 Å². The second-order valence-electron chi connectivity index (χ2n) is 7.36. The summed E-state index contributed by atoms with van der Waals surface area (Å²) in [7, 11) is 2.20. The summed E-state index contributed by atoms with van der Waals surface area (Å²) in [6.45, 7) is 10.8. The van der Waals surface area contributed by atoms with Gasteiger partial charge in [-0.1, -0.05) is 76.2 Å². The Morgan fingerprint density at radius 2 is 1.65 bits per heavy atom. The molecule has 1 aliphatic rings. The molecule has 1 unspecified atom stereocenters. The lowest BCUT2D eigenvalue weighted by Gasteiger charge is -2.29. The number of rotatable bonds is 2. The fourth-order valence-electron chi connectivity index (χ4n) is 4.19. The van der Waals surface area contributed by atoms with Crippen LogP contribution in [0.2, 0.25) is 0 Å². The van der Waals surface area contributed by atoms with Crippen LogP contribution in [0.15, 0.2) is 54.6 Å². The van der Waals surface area contributed by atoms with Gasteiger partial charge in [0.15, 0.2) is 0 Å². The first kappa shape index (κ1) is 18.3. The smallest absolute Gasteiger partial charge is 0.0565 e. The molecule has 0 fully saturated rings. The van der Waals surface area contributed by atoms with Crippen LogP contribution in [0.1, 0.15) is 44.5 Å². The maximum Gasteiger partial charge on any atom is 0.0565 e. The highest BCUT2D eigenvalue weighted by atomic mass is 15.2. The zero-order valence-corrected chi connectivity index (χ0v) is 16.8. The third-order valence-corrected chi connectivity index (χ3v) is 5.52. The molecule has 1 aliphatic heterocycles. The van der Waals surface area contributed by atoms with Crippen LogP contribution >= 0.6 is 0 Å². The number of fused-ring (bicyclic) bond motifs is 2. The van der Waals surface area contributed by atoms with Crippen molar-refractivity contribution in [3.05, 3.63) is 71.4 Å². The predicted octanol–water partition coefficient (Wildman–Crippen LogP) is 6.31. The molecule has 136 valence electrons. The van der Waals surface area contributed by atoms with Crippen LogP contribution in [-0.2, 0) is 5.41 Å². The number of hydrogen-bond donors (Lipinski definition) is 1. The zero-order chi connectivity index (χ0) is 18.9. The lowest BCUT2D eigenvalue weighted by molar-refractivity contribution is 0.489. The monoisotopic (exact) mass is 346 g/mol. The largest absolute Gasteiger partial charge is 0.367 e. The Labute approximate surface area is 157 Å². The van der Waals surface area contributed by atoms with Gasteiger partial charge in [0.05, 0.1) is 6.04 Å². The first-order valence-corrected chi connectivity index (χ1v) is 9.58. The first-order chi connectivity index (χ1) is 12.5. The summed E-state index contributed by atoms with van der Waals surface area (Å²) < 4.78 is 0. The molecular formula is C24H30N2. The predicted molar refractivity (Wildman–Crippen MR) is 115 cm³/mol. The van der Waals surface area contributed by atoms with Crippen LogP contribution in [0, 0.1) is 6.92 Å². The number of aryl methyl sites for hydroxylation is 1. The van der Waals surface area contributed by atoms with Gasteiger partial charge in [-0.2, -0.15) is 0 Å². The van der Waals surface area contributed by atoms with E-state index in [1.54, 1.807) is 0 Å². The van der Waals surface area contributed by atoms with Crippen molar-refractivity contribution in [2.24, 2.45) is 0 Å². The minimum atomic E-state index is 0.0991. The number of aromatic amines is 1. The fourth-order valence-corrected chi connectivity index (χ4v) is 4.19. The Kier molecular flexibility index (Phi) is 4.95. The molecule has 26 heavy (non-hydrogen) atoms. The summed E-state index contributed by atoms with van der Waals surface area (Å²) in [6.07, 6.45) is 4.66. The maximum atomic E-state index is 3.49. The Morgan fingerprint density at radius 3 is 2.38 bits per heavy atom. The number of para-hydroxylation sites is 2. The molecule has 2 heteroatoms.